The van der Waals surface area contributed by atoms with Crippen molar-refractivity contribution in [2.75, 3.05) is 31.2 Å². The summed E-state index contributed by atoms with van der Waals surface area (Å²) in [5.74, 6) is 0. The van der Waals surface area contributed by atoms with Gasteiger partial charge in [0.2, 0.25) is 0 Å². The fourth-order valence-electron chi connectivity index (χ4n) is 2.18. The van der Waals surface area contributed by atoms with Gasteiger partial charge in [0.25, 0.3) is 0 Å². The number of likely N-dealkylation sites (N-methyl/N-ethyl adjacent to an activating group) is 1. The zero-order valence-corrected chi connectivity index (χ0v) is 10.3. The molecule has 1 fully saturated rings. The number of rotatable bonds is 2. The van der Waals surface area contributed by atoms with Crippen molar-refractivity contribution in [2.45, 2.75) is 18.9 Å². The second-order valence-electron chi connectivity index (χ2n) is 4.45. The first-order valence-electron chi connectivity index (χ1n) is 5.66. The topological polar surface area (TPSA) is 41.3 Å². The Kier molecular flexibility index (Phi) is 3.56. The highest BCUT2D eigenvalue weighted by Gasteiger charge is 2.18. The van der Waals surface area contributed by atoms with Crippen LogP contribution in [0.1, 0.15) is 12.8 Å². The zero-order valence-electron chi connectivity index (χ0n) is 9.54. The van der Waals surface area contributed by atoms with Gasteiger partial charge in [-0.2, -0.15) is 0 Å². The number of nitrogens with zero attached hydrogens (tertiary/aromatic N) is 1. The van der Waals surface area contributed by atoms with Crippen LogP contribution in [0.4, 0.5) is 11.4 Å². The predicted octanol–water partition coefficient (Wildman–Crippen LogP) is 2.43. The van der Waals surface area contributed by atoms with Crippen molar-refractivity contribution >= 4 is 23.0 Å². The second-order valence-corrected chi connectivity index (χ2v) is 4.86. The lowest BCUT2D eigenvalue weighted by atomic mass is 10.1. The molecule has 1 heterocycles. The maximum absolute atomic E-state index is 6.13. The molecule has 0 amide bonds. The van der Waals surface area contributed by atoms with E-state index < -0.39 is 0 Å². The number of para-hydroxylation sites is 1. The molecule has 3 nitrogen and oxygen atoms in total. The molecular formula is C12H18ClN3. The first-order chi connectivity index (χ1) is 7.66. The summed E-state index contributed by atoms with van der Waals surface area (Å²) in [6.45, 7) is 2.22. The molecule has 1 aromatic rings. The molecule has 1 unspecified atom stereocenters. The van der Waals surface area contributed by atoms with Gasteiger partial charge in [0, 0.05) is 12.6 Å². The summed E-state index contributed by atoms with van der Waals surface area (Å²) >= 11 is 6.13. The molecule has 0 spiro atoms. The molecule has 4 heteroatoms. The highest BCUT2D eigenvalue weighted by molar-refractivity contribution is 6.33. The summed E-state index contributed by atoms with van der Waals surface area (Å²) in [5.41, 5.74) is 7.51. The second kappa shape index (κ2) is 4.93. The third kappa shape index (κ3) is 2.60. The molecule has 2 rings (SSSR count). The number of nitrogens with two attached hydrogens (primary N) is 1. The molecule has 3 N–H and O–H groups in total. The van der Waals surface area contributed by atoms with E-state index in [2.05, 4.69) is 17.3 Å². The number of hydrogen-bond donors (Lipinski definition) is 2. The van der Waals surface area contributed by atoms with Crippen LogP contribution < -0.4 is 11.1 Å². The third-order valence-electron chi connectivity index (χ3n) is 3.02. The van der Waals surface area contributed by atoms with Crippen molar-refractivity contribution in [1.82, 2.24) is 4.90 Å². The summed E-state index contributed by atoms with van der Waals surface area (Å²) in [5, 5.41) is 4.15. The van der Waals surface area contributed by atoms with Gasteiger partial charge in [-0.15, -0.1) is 0 Å². The maximum Gasteiger partial charge on any atom is 0.0765 e. The highest BCUT2D eigenvalue weighted by atomic mass is 35.5. The predicted molar refractivity (Wildman–Crippen MR) is 70.0 cm³/mol. The van der Waals surface area contributed by atoms with Crippen LogP contribution in [0.25, 0.3) is 0 Å². The minimum Gasteiger partial charge on any atom is -0.397 e. The van der Waals surface area contributed by atoms with Gasteiger partial charge in [-0.1, -0.05) is 17.7 Å². The average Bonchev–Trinajstić information content (AvgIpc) is 2.24. The molecule has 0 saturated carbocycles. The first kappa shape index (κ1) is 11.6. The van der Waals surface area contributed by atoms with Crippen LogP contribution in [-0.4, -0.2) is 31.1 Å². The van der Waals surface area contributed by atoms with Gasteiger partial charge in [0.1, 0.15) is 0 Å². The Bertz CT molecular complexity index is 347. The Morgan fingerprint density at radius 3 is 3.00 bits per heavy atom. The van der Waals surface area contributed by atoms with E-state index >= 15 is 0 Å². The molecule has 0 aliphatic carbocycles. The van der Waals surface area contributed by atoms with Gasteiger partial charge in [-0.3, -0.25) is 0 Å². The standard InChI is InChI=1S/C12H18ClN3/c1-16-7-3-4-9(8-16)15-12-10(13)5-2-6-11(12)14/h2,5-6,9,15H,3-4,7-8,14H2,1H3. The molecular weight excluding hydrogens is 222 g/mol. The quantitative estimate of drug-likeness (QED) is 0.779. The average molecular weight is 240 g/mol. The molecule has 88 valence electrons. The number of nitrogens with one attached hydrogen (secondary N) is 1. The summed E-state index contributed by atoms with van der Waals surface area (Å²) in [6.07, 6.45) is 2.40. The molecule has 1 aliphatic rings. The van der Waals surface area contributed by atoms with Gasteiger partial charge in [-0.05, 0) is 38.6 Å². The van der Waals surface area contributed by atoms with Crippen molar-refractivity contribution in [1.29, 1.82) is 0 Å². The van der Waals surface area contributed by atoms with Crippen molar-refractivity contribution in [3.05, 3.63) is 23.2 Å². The van der Waals surface area contributed by atoms with E-state index in [1.165, 1.54) is 19.4 Å². The van der Waals surface area contributed by atoms with Crippen LogP contribution >= 0.6 is 11.6 Å². The van der Waals surface area contributed by atoms with E-state index in [4.69, 9.17) is 17.3 Å². The molecule has 16 heavy (non-hydrogen) atoms. The van der Waals surface area contributed by atoms with Crippen molar-refractivity contribution in [3.63, 3.8) is 0 Å². The lowest BCUT2D eigenvalue weighted by molar-refractivity contribution is 0.261. The third-order valence-corrected chi connectivity index (χ3v) is 3.33. The number of likely N-dealkylation sites (tertiary alicyclic amines) is 1. The van der Waals surface area contributed by atoms with E-state index in [1.54, 1.807) is 0 Å². The van der Waals surface area contributed by atoms with E-state index in [9.17, 15) is 0 Å². The summed E-state index contributed by atoms with van der Waals surface area (Å²) in [7, 11) is 2.14. The smallest absolute Gasteiger partial charge is 0.0765 e. The lowest BCUT2D eigenvalue weighted by Gasteiger charge is -2.31. The van der Waals surface area contributed by atoms with Crippen LogP contribution in [0.15, 0.2) is 18.2 Å². The number of hydrogen-bond acceptors (Lipinski definition) is 3. The molecule has 0 bridgehead atoms. The van der Waals surface area contributed by atoms with Gasteiger partial charge >= 0.3 is 0 Å². The number of piperidine rings is 1. The molecule has 0 aromatic heterocycles. The first-order valence-corrected chi connectivity index (χ1v) is 6.03. The Labute approximate surface area is 102 Å². The van der Waals surface area contributed by atoms with Crippen molar-refractivity contribution in [3.8, 4) is 0 Å². The fourth-order valence-corrected chi connectivity index (χ4v) is 2.42. The number of benzene rings is 1. The Hall–Kier alpha value is -0.930. The van der Waals surface area contributed by atoms with Gasteiger partial charge in [0.15, 0.2) is 0 Å². The Morgan fingerprint density at radius 2 is 2.31 bits per heavy atom. The maximum atomic E-state index is 6.13. The summed E-state index contributed by atoms with van der Waals surface area (Å²) in [6, 6.07) is 6.06. The number of halogens is 1. The molecule has 1 atom stereocenters. The van der Waals surface area contributed by atoms with Crippen LogP contribution in [-0.2, 0) is 0 Å². The molecule has 1 aromatic carbocycles. The molecule has 1 aliphatic heterocycles. The van der Waals surface area contributed by atoms with E-state index in [-0.39, 0.29) is 0 Å². The van der Waals surface area contributed by atoms with Crippen LogP contribution in [0.5, 0.6) is 0 Å². The largest absolute Gasteiger partial charge is 0.397 e. The van der Waals surface area contributed by atoms with Gasteiger partial charge in [-0.25, -0.2) is 0 Å². The van der Waals surface area contributed by atoms with E-state index in [0.29, 0.717) is 11.1 Å². The monoisotopic (exact) mass is 239 g/mol. The fraction of sp³-hybridized carbons (Fsp3) is 0.500. The van der Waals surface area contributed by atoms with Gasteiger partial charge in [0.05, 0.1) is 16.4 Å². The highest BCUT2D eigenvalue weighted by Crippen LogP contribution is 2.29. The van der Waals surface area contributed by atoms with E-state index in [0.717, 1.165) is 17.9 Å². The van der Waals surface area contributed by atoms with Crippen molar-refractivity contribution in [2.24, 2.45) is 0 Å². The SMILES string of the molecule is CN1CCCC(Nc2c(N)cccc2Cl)C1. The summed E-state index contributed by atoms with van der Waals surface area (Å²) < 4.78 is 0. The molecule has 1 saturated heterocycles. The Morgan fingerprint density at radius 1 is 1.50 bits per heavy atom. The number of nitrogen functional groups attached to an aromatic ring is 1. The van der Waals surface area contributed by atoms with Crippen LogP contribution in [0.3, 0.4) is 0 Å². The minimum absolute atomic E-state index is 0.445. The van der Waals surface area contributed by atoms with Crippen LogP contribution in [0, 0.1) is 0 Å². The summed E-state index contributed by atoms with van der Waals surface area (Å²) in [4.78, 5) is 2.33. The number of anilines is 2. The van der Waals surface area contributed by atoms with E-state index in [1.807, 2.05) is 18.2 Å². The zero-order chi connectivity index (χ0) is 11.5. The molecule has 0 radical (unpaired) electrons. The van der Waals surface area contributed by atoms with Crippen LogP contribution in [0.2, 0.25) is 5.02 Å². The van der Waals surface area contributed by atoms with Gasteiger partial charge < -0.3 is 16.0 Å². The Balaban J connectivity index is 2.08. The minimum atomic E-state index is 0.445. The lowest BCUT2D eigenvalue weighted by Crippen LogP contribution is -2.39. The normalized spacial score (nSPS) is 22.0. The van der Waals surface area contributed by atoms with Crippen molar-refractivity contribution < 1.29 is 0 Å².